The minimum atomic E-state index is 0.185. The van der Waals surface area contributed by atoms with Crippen LogP contribution in [0.3, 0.4) is 0 Å². The highest BCUT2D eigenvalue weighted by Crippen LogP contribution is 2.20. The maximum atomic E-state index is 11.2. The van der Waals surface area contributed by atoms with E-state index in [9.17, 15) is 4.79 Å². The fraction of sp³-hybridized carbons (Fsp3) is 0.500. The first-order valence-electron chi connectivity index (χ1n) is 6.15. The largest absolute Gasteiger partial charge is 0.368 e. The molecule has 0 radical (unpaired) electrons. The molecule has 0 N–H and O–H groups in total. The Kier molecular flexibility index (Phi) is 3.36. The number of piperazine rings is 1. The van der Waals surface area contributed by atoms with Gasteiger partial charge in [0.2, 0.25) is 5.91 Å². The number of anilines is 1. The van der Waals surface area contributed by atoms with Crippen molar-refractivity contribution in [1.29, 1.82) is 0 Å². The Bertz CT molecular complexity index is 420. The predicted molar refractivity (Wildman–Crippen MR) is 70.4 cm³/mol. The molecule has 1 aromatic rings. The summed E-state index contributed by atoms with van der Waals surface area (Å²) in [5.41, 5.74) is 3.93. The average Bonchev–Trinajstić information content (AvgIpc) is 2.33. The van der Waals surface area contributed by atoms with Crippen molar-refractivity contribution in [3.05, 3.63) is 29.3 Å². The molecule has 17 heavy (non-hydrogen) atoms. The van der Waals surface area contributed by atoms with Crippen LogP contribution in [-0.2, 0) is 4.79 Å². The van der Waals surface area contributed by atoms with Gasteiger partial charge in [0, 0.05) is 38.8 Å². The van der Waals surface area contributed by atoms with Crippen molar-refractivity contribution in [1.82, 2.24) is 4.90 Å². The Morgan fingerprint density at radius 1 is 1.06 bits per heavy atom. The Labute approximate surface area is 103 Å². The van der Waals surface area contributed by atoms with Gasteiger partial charge in [0.15, 0.2) is 0 Å². The summed E-state index contributed by atoms with van der Waals surface area (Å²) in [7, 11) is 0. The van der Waals surface area contributed by atoms with E-state index in [1.807, 2.05) is 4.90 Å². The lowest BCUT2D eigenvalue weighted by Gasteiger charge is -2.35. The molecular weight excluding hydrogens is 212 g/mol. The predicted octanol–water partition coefficient (Wildman–Crippen LogP) is 1.97. The van der Waals surface area contributed by atoms with Gasteiger partial charge in [-0.1, -0.05) is 6.07 Å². The number of benzene rings is 1. The van der Waals surface area contributed by atoms with Gasteiger partial charge in [0.05, 0.1) is 0 Å². The van der Waals surface area contributed by atoms with Crippen LogP contribution in [0.2, 0.25) is 0 Å². The summed E-state index contributed by atoms with van der Waals surface area (Å²) in [6, 6.07) is 6.58. The third-order valence-corrected chi connectivity index (χ3v) is 3.58. The van der Waals surface area contributed by atoms with Crippen LogP contribution in [0.25, 0.3) is 0 Å². The Morgan fingerprint density at radius 2 is 1.71 bits per heavy atom. The normalized spacial score (nSPS) is 16.2. The summed E-state index contributed by atoms with van der Waals surface area (Å²) < 4.78 is 0. The van der Waals surface area contributed by atoms with Crippen LogP contribution in [0.1, 0.15) is 18.1 Å². The van der Waals surface area contributed by atoms with Crippen LogP contribution in [-0.4, -0.2) is 37.0 Å². The van der Waals surface area contributed by atoms with Crippen LogP contribution >= 0.6 is 0 Å². The lowest BCUT2D eigenvalue weighted by Crippen LogP contribution is -2.48. The van der Waals surface area contributed by atoms with Crippen LogP contribution in [0.15, 0.2) is 18.2 Å². The average molecular weight is 232 g/mol. The summed E-state index contributed by atoms with van der Waals surface area (Å²) in [5, 5.41) is 0. The van der Waals surface area contributed by atoms with Gasteiger partial charge in [-0.15, -0.1) is 0 Å². The van der Waals surface area contributed by atoms with E-state index in [0.717, 1.165) is 26.2 Å². The highest BCUT2D eigenvalue weighted by molar-refractivity contribution is 5.73. The summed E-state index contributed by atoms with van der Waals surface area (Å²) in [5.74, 6) is 0.185. The molecule has 0 aliphatic carbocycles. The van der Waals surface area contributed by atoms with E-state index in [0.29, 0.717) is 0 Å². The zero-order valence-corrected chi connectivity index (χ0v) is 10.9. The molecule has 1 amide bonds. The first kappa shape index (κ1) is 12.0. The number of carbonyl (C=O) groups excluding carboxylic acids is 1. The Hall–Kier alpha value is -1.51. The van der Waals surface area contributed by atoms with Crippen LogP contribution in [0, 0.1) is 13.8 Å². The van der Waals surface area contributed by atoms with Crippen molar-refractivity contribution in [2.75, 3.05) is 31.1 Å². The Morgan fingerprint density at radius 3 is 2.24 bits per heavy atom. The number of carbonyl (C=O) groups is 1. The molecule has 1 heterocycles. The van der Waals surface area contributed by atoms with Crippen molar-refractivity contribution < 1.29 is 4.79 Å². The highest BCUT2D eigenvalue weighted by Gasteiger charge is 2.18. The molecule has 0 unspecified atom stereocenters. The molecule has 92 valence electrons. The van der Waals surface area contributed by atoms with Gasteiger partial charge < -0.3 is 9.80 Å². The molecule has 1 saturated heterocycles. The maximum Gasteiger partial charge on any atom is 0.219 e. The molecule has 2 rings (SSSR count). The van der Waals surface area contributed by atoms with Gasteiger partial charge >= 0.3 is 0 Å². The summed E-state index contributed by atoms with van der Waals surface area (Å²) in [4.78, 5) is 15.5. The van der Waals surface area contributed by atoms with Crippen molar-refractivity contribution in [2.24, 2.45) is 0 Å². The molecule has 1 aromatic carbocycles. The summed E-state index contributed by atoms with van der Waals surface area (Å²) in [6.45, 7) is 9.46. The lowest BCUT2D eigenvalue weighted by molar-refractivity contribution is -0.129. The first-order chi connectivity index (χ1) is 8.08. The zero-order valence-electron chi connectivity index (χ0n) is 10.9. The van der Waals surface area contributed by atoms with E-state index in [-0.39, 0.29) is 5.91 Å². The highest BCUT2D eigenvalue weighted by atomic mass is 16.2. The molecular formula is C14H20N2O. The fourth-order valence-corrected chi connectivity index (χ4v) is 2.20. The van der Waals surface area contributed by atoms with Crippen LogP contribution in [0.4, 0.5) is 5.69 Å². The molecule has 1 aliphatic heterocycles. The van der Waals surface area contributed by atoms with E-state index in [4.69, 9.17) is 0 Å². The third kappa shape index (κ3) is 2.60. The van der Waals surface area contributed by atoms with Gasteiger partial charge in [0.1, 0.15) is 0 Å². The number of amides is 1. The van der Waals surface area contributed by atoms with Crippen molar-refractivity contribution in [2.45, 2.75) is 20.8 Å². The fourth-order valence-electron chi connectivity index (χ4n) is 2.20. The molecule has 3 nitrogen and oxygen atoms in total. The maximum absolute atomic E-state index is 11.2. The van der Waals surface area contributed by atoms with E-state index >= 15 is 0 Å². The van der Waals surface area contributed by atoms with E-state index < -0.39 is 0 Å². The summed E-state index contributed by atoms with van der Waals surface area (Å²) in [6.07, 6.45) is 0. The number of rotatable bonds is 1. The topological polar surface area (TPSA) is 23.6 Å². The SMILES string of the molecule is CC(=O)N1CCN(c2ccc(C)c(C)c2)CC1. The monoisotopic (exact) mass is 232 g/mol. The van der Waals surface area contributed by atoms with Crippen molar-refractivity contribution in [3.63, 3.8) is 0 Å². The molecule has 0 aromatic heterocycles. The second-order valence-electron chi connectivity index (χ2n) is 4.76. The minimum Gasteiger partial charge on any atom is -0.368 e. The van der Waals surface area contributed by atoms with E-state index in [2.05, 4.69) is 36.9 Å². The molecule has 1 fully saturated rings. The molecule has 1 aliphatic rings. The second kappa shape index (κ2) is 4.78. The van der Waals surface area contributed by atoms with Gasteiger partial charge in [-0.2, -0.15) is 0 Å². The minimum absolute atomic E-state index is 0.185. The van der Waals surface area contributed by atoms with E-state index in [1.165, 1.54) is 16.8 Å². The van der Waals surface area contributed by atoms with Gasteiger partial charge in [0.25, 0.3) is 0 Å². The molecule has 0 spiro atoms. The lowest BCUT2D eigenvalue weighted by atomic mass is 10.1. The van der Waals surface area contributed by atoms with Gasteiger partial charge in [-0.25, -0.2) is 0 Å². The van der Waals surface area contributed by atoms with Gasteiger partial charge in [-0.3, -0.25) is 4.79 Å². The van der Waals surface area contributed by atoms with Gasteiger partial charge in [-0.05, 0) is 37.1 Å². The molecule has 0 saturated carbocycles. The number of nitrogens with zero attached hydrogens (tertiary/aromatic N) is 2. The third-order valence-electron chi connectivity index (χ3n) is 3.58. The smallest absolute Gasteiger partial charge is 0.219 e. The van der Waals surface area contributed by atoms with Crippen LogP contribution < -0.4 is 4.90 Å². The number of hydrogen-bond donors (Lipinski definition) is 0. The number of aryl methyl sites for hydroxylation is 2. The molecule has 0 bridgehead atoms. The van der Waals surface area contributed by atoms with Crippen molar-refractivity contribution >= 4 is 11.6 Å². The van der Waals surface area contributed by atoms with Crippen molar-refractivity contribution in [3.8, 4) is 0 Å². The molecule has 3 heteroatoms. The quantitative estimate of drug-likeness (QED) is 0.739. The standard InChI is InChI=1S/C14H20N2O/c1-11-4-5-14(10-12(11)2)16-8-6-15(7-9-16)13(3)17/h4-5,10H,6-9H2,1-3H3. The van der Waals surface area contributed by atoms with E-state index in [1.54, 1.807) is 6.92 Å². The number of hydrogen-bond acceptors (Lipinski definition) is 2. The Balaban J connectivity index is 2.05. The first-order valence-corrected chi connectivity index (χ1v) is 6.15. The molecule has 0 atom stereocenters. The van der Waals surface area contributed by atoms with Crippen LogP contribution in [0.5, 0.6) is 0 Å². The second-order valence-corrected chi connectivity index (χ2v) is 4.76. The zero-order chi connectivity index (χ0) is 12.4. The summed E-state index contributed by atoms with van der Waals surface area (Å²) >= 11 is 0.